The predicted molar refractivity (Wildman–Crippen MR) is 72.4 cm³/mol. The average Bonchev–Trinajstić information content (AvgIpc) is 2.29. The van der Waals surface area contributed by atoms with Gasteiger partial charge in [0.05, 0.1) is 16.2 Å². The van der Waals surface area contributed by atoms with Crippen molar-refractivity contribution in [3.8, 4) is 0 Å². The van der Waals surface area contributed by atoms with Crippen molar-refractivity contribution in [1.29, 1.82) is 0 Å². The van der Waals surface area contributed by atoms with Gasteiger partial charge in [-0.2, -0.15) is 0 Å². The SMILES string of the molecule is CCCCC(O)CCCCCCC(C)S(=O)(=O)[O-].[Na+]. The van der Waals surface area contributed by atoms with E-state index >= 15 is 0 Å². The van der Waals surface area contributed by atoms with Gasteiger partial charge in [-0.05, 0) is 26.2 Å². The summed E-state index contributed by atoms with van der Waals surface area (Å²) in [6.07, 6.45) is 7.82. The number of hydrogen-bond donors (Lipinski definition) is 1. The van der Waals surface area contributed by atoms with Gasteiger partial charge < -0.3 is 9.66 Å². The molecule has 0 aliphatic rings. The van der Waals surface area contributed by atoms with Gasteiger partial charge in [-0.15, -0.1) is 0 Å². The number of aliphatic hydroxyl groups is 1. The summed E-state index contributed by atoms with van der Waals surface area (Å²) in [6.45, 7) is 3.58. The molecule has 0 spiro atoms. The summed E-state index contributed by atoms with van der Waals surface area (Å²) in [5.41, 5.74) is 0. The van der Waals surface area contributed by atoms with Crippen LogP contribution in [0.3, 0.4) is 0 Å². The van der Waals surface area contributed by atoms with E-state index in [0.29, 0.717) is 6.42 Å². The minimum Gasteiger partial charge on any atom is -0.748 e. The first-order valence-electron chi connectivity index (χ1n) is 7.00. The van der Waals surface area contributed by atoms with Crippen LogP contribution in [0.1, 0.15) is 71.6 Å². The van der Waals surface area contributed by atoms with Gasteiger partial charge in [-0.25, -0.2) is 8.42 Å². The fourth-order valence-corrected chi connectivity index (χ4v) is 2.35. The van der Waals surface area contributed by atoms with Crippen LogP contribution < -0.4 is 29.6 Å². The molecule has 0 radical (unpaired) electrons. The van der Waals surface area contributed by atoms with E-state index in [2.05, 4.69) is 6.92 Å². The Labute approximate surface area is 140 Å². The summed E-state index contributed by atoms with van der Waals surface area (Å²) in [7, 11) is -4.11. The summed E-state index contributed by atoms with van der Waals surface area (Å²) in [6, 6.07) is 0. The fourth-order valence-electron chi connectivity index (χ4n) is 1.89. The zero-order chi connectivity index (χ0) is 14.0. The van der Waals surface area contributed by atoms with Crippen molar-refractivity contribution >= 4 is 10.1 Å². The molecular weight excluding hydrogens is 275 g/mol. The Morgan fingerprint density at radius 1 is 1.00 bits per heavy atom. The minimum absolute atomic E-state index is 0. The van der Waals surface area contributed by atoms with E-state index < -0.39 is 15.4 Å². The Hall–Kier alpha value is 0.870. The monoisotopic (exact) mass is 302 g/mol. The molecule has 6 heteroatoms. The molecule has 0 aliphatic heterocycles. The van der Waals surface area contributed by atoms with Crippen LogP contribution in [0.2, 0.25) is 0 Å². The van der Waals surface area contributed by atoms with Crippen molar-refractivity contribution in [2.75, 3.05) is 0 Å². The normalized spacial score (nSPS) is 14.7. The molecule has 19 heavy (non-hydrogen) atoms. The van der Waals surface area contributed by atoms with E-state index in [-0.39, 0.29) is 35.7 Å². The van der Waals surface area contributed by atoms with Gasteiger partial charge in [0, 0.05) is 5.25 Å². The molecule has 2 atom stereocenters. The summed E-state index contributed by atoms with van der Waals surface area (Å²) < 4.78 is 32.0. The maximum absolute atomic E-state index is 10.7. The second-order valence-electron chi connectivity index (χ2n) is 5.09. The number of hydrogen-bond acceptors (Lipinski definition) is 4. The maximum atomic E-state index is 10.7. The Balaban J connectivity index is 0. The third-order valence-corrected chi connectivity index (χ3v) is 4.50. The largest absolute Gasteiger partial charge is 1.00 e. The first kappa shape index (κ1) is 22.2. The van der Waals surface area contributed by atoms with E-state index in [1.54, 1.807) is 0 Å². The molecule has 4 nitrogen and oxygen atoms in total. The molecule has 0 saturated heterocycles. The van der Waals surface area contributed by atoms with Crippen LogP contribution in [0.5, 0.6) is 0 Å². The van der Waals surface area contributed by atoms with Crippen LogP contribution in [-0.4, -0.2) is 29.4 Å². The van der Waals surface area contributed by atoms with Gasteiger partial charge in [0.25, 0.3) is 0 Å². The van der Waals surface area contributed by atoms with Crippen molar-refractivity contribution in [2.45, 2.75) is 83.0 Å². The van der Waals surface area contributed by atoms with Crippen LogP contribution in [0.15, 0.2) is 0 Å². The fraction of sp³-hybridized carbons (Fsp3) is 1.00. The van der Waals surface area contributed by atoms with Gasteiger partial charge >= 0.3 is 29.6 Å². The molecule has 0 bridgehead atoms. The summed E-state index contributed by atoms with van der Waals surface area (Å²) in [5, 5.41) is 8.84. The molecule has 0 saturated carbocycles. The molecular formula is C13H27NaO4S. The quantitative estimate of drug-likeness (QED) is 0.326. The van der Waals surface area contributed by atoms with Crippen molar-refractivity contribution in [1.82, 2.24) is 0 Å². The summed E-state index contributed by atoms with van der Waals surface area (Å²) >= 11 is 0. The van der Waals surface area contributed by atoms with E-state index in [4.69, 9.17) is 0 Å². The first-order chi connectivity index (χ1) is 8.38. The second-order valence-corrected chi connectivity index (χ2v) is 6.88. The van der Waals surface area contributed by atoms with Crippen molar-refractivity contribution in [2.24, 2.45) is 0 Å². The van der Waals surface area contributed by atoms with E-state index in [9.17, 15) is 18.1 Å². The first-order valence-corrected chi connectivity index (χ1v) is 8.47. The molecule has 0 aromatic carbocycles. The molecule has 0 aromatic rings. The molecule has 1 N–H and O–H groups in total. The third kappa shape index (κ3) is 13.6. The predicted octanol–water partition coefficient (Wildman–Crippen LogP) is -0.184. The van der Waals surface area contributed by atoms with Crippen molar-refractivity contribution < 1.29 is 47.6 Å². The van der Waals surface area contributed by atoms with Gasteiger partial charge in [0.1, 0.15) is 0 Å². The topological polar surface area (TPSA) is 77.4 Å². The van der Waals surface area contributed by atoms with Crippen LogP contribution >= 0.6 is 0 Å². The maximum Gasteiger partial charge on any atom is 1.00 e. The van der Waals surface area contributed by atoms with Gasteiger partial charge in [0.2, 0.25) is 0 Å². The Morgan fingerprint density at radius 2 is 1.47 bits per heavy atom. The standard InChI is InChI=1S/C13H28O4S.Na/c1-3-4-10-13(14)11-8-6-5-7-9-12(2)18(15,16)17;/h12-14H,3-11H2,1-2H3,(H,15,16,17);/q;+1/p-1. The molecule has 0 fully saturated rings. The molecule has 110 valence electrons. The number of rotatable bonds is 11. The minimum atomic E-state index is -4.11. The zero-order valence-electron chi connectivity index (χ0n) is 12.6. The van der Waals surface area contributed by atoms with E-state index in [0.717, 1.165) is 51.4 Å². The smallest absolute Gasteiger partial charge is 0.748 e. The van der Waals surface area contributed by atoms with Crippen molar-refractivity contribution in [3.63, 3.8) is 0 Å². The summed E-state index contributed by atoms with van der Waals surface area (Å²) in [4.78, 5) is 0. The van der Waals surface area contributed by atoms with Crippen LogP contribution in [0.4, 0.5) is 0 Å². The van der Waals surface area contributed by atoms with E-state index in [1.165, 1.54) is 6.92 Å². The average molecular weight is 302 g/mol. The van der Waals surface area contributed by atoms with Gasteiger partial charge in [0.15, 0.2) is 0 Å². The van der Waals surface area contributed by atoms with Crippen LogP contribution in [-0.2, 0) is 10.1 Å². The third-order valence-electron chi connectivity index (χ3n) is 3.28. The molecule has 0 aliphatic carbocycles. The van der Waals surface area contributed by atoms with Crippen LogP contribution in [0.25, 0.3) is 0 Å². The Bertz CT molecular complexity index is 293. The molecule has 0 amide bonds. The molecule has 0 rings (SSSR count). The van der Waals surface area contributed by atoms with E-state index in [1.807, 2.05) is 0 Å². The molecule has 0 aromatic heterocycles. The Morgan fingerprint density at radius 3 is 1.95 bits per heavy atom. The number of aliphatic hydroxyl groups excluding tert-OH is 1. The van der Waals surface area contributed by atoms with Crippen LogP contribution in [0, 0.1) is 0 Å². The molecule has 0 heterocycles. The molecule has 2 unspecified atom stereocenters. The van der Waals surface area contributed by atoms with Gasteiger partial charge in [-0.1, -0.05) is 45.4 Å². The Kier molecular flexibility index (Phi) is 14.7. The van der Waals surface area contributed by atoms with Gasteiger partial charge in [-0.3, -0.25) is 0 Å². The van der Waals surface area contributed by atoms with Crippen molar-refractivity contribution in [3.05, 3.63) is 0 Å². The summed E-state index contributed by atoms with van der Waals surface area (Å²) in [5.74, 6) is 0. The second kappa shape index (κ2) is 12.6. The number of unbranched alkanes of at least 4 members (excludes halogenated alkanes) is 4. The zero-order valence-corrected chi connectivity index (χ0v) is 15.4.